The van der Waals surface area contributed by atoms with Crippen LogP contribution in [0.3, 0.4) is 0 Å². The number of aromatic nitrogens is 1. The van der Waals surface area contributed by atoms with Gasteiger partial charge < -0.3 is 24.2 Å². The standard InChI is InChI=1S/C25H29N3O4/c1-6-32-25(29)21-9-7-8-10-22(21)28-17(2)13-20(18(28)3)16-27-26-15-19-11-12-23(30-4)24(14-19)31-5/h7-14,16,26H,6,15H2,1-5H3/b27-16+. The van der Waals surface area contributed by atoms with Crippen molar-refractivity contribution < 1.29 is 19.0 Å². The van der Waals surface area contributed by atoms with Crippen molar-refractivity contribution in [2.45, 2.75) is 27.3 Å². The zero-order valence-corrected chi connectivity index (χ0v) is 19.1. The number of nitrogens with zero attached hydrogens (tertiary/aromatic N) is 2. The number of ether oxygens (including phenoxy) is 3. The van der Waals surface area contributed by atoms with Crippen LogP contribution in [0.4, 0.5) is 0 Å². The Morgan fingerprint density at radius 3 is 2.53 bits per heavy atom. The van der Waals surface area contributed by atoms with Crippen molar-refractivity contribution >= 4 is 12.2 Å². The summed E-state index contributed by atoms with van der Waals surface area (Å²) >= 11 is 0. The summed E-state index contributed by atoms with van der Waals surface area (Å²) in [4.78, 5) is 12.4. The number of aryl methyl sites for hydroxylation is 1. The fourth-order valence-corrected chi connectivity index (χ4v) is 3.58. The fraction of sp³-hybridized carbons (Fsp3) is 0.280. The molecule has 32 heavy (non-hydrogen) atoms. The van der Waals surface area contributed by atoms with E-state index in [1.807, 2.05) is 60.9 Å². The third-order valence-corrected chi connectivity index (χ3v) is 5.14. The first-order chi connectivity index (χ1) is 15.5. The third kappa shape index (κ3) is 4.94. The van der Waals surface area contributed by atoms with Gasteiger partial charge in [-0.1, -0.05) is 18.2 Å². The van der Waals surface area contributed by atoms with Gasteiger partial charge in [0.1, 0.15) is 0 Å². The molecule has 0 radical (unpaired) electrons. The number of methoxy groups -OCH3 is 2. The predicted molar refractivity (Wildman–Crippen MR) is 125 cm³/mol. The Morgan fingerprint density at radius 1 is 1.06 bits per heavy atom. The number of esters is 1. The van der Waals surface area contributed by atoms with Crippen LogP contribution in [0.15, 0.2) is 53.6 Å². The molecule has 0 aliphatic carbocycles. The lowest BCUT2D eigenvalue weighted by Gasteiger charge is -2.14. The highest BCUT2D eigenvalue weighted by atomic mass is 16.5. The molecule has 0 bridgehead atoms. The number of hydrogen-bond donors (Lipinski definition) is 1. The molecular weight excluding hydrogens is 406 g/mol. The van der Waals surface area contributed by atoms with Crippen molar-refractivity contribution in [1.82, 2.24) is 9.99 Å². The summed E-state index contributed by atoms with van der Waals surface area (Å²) in [6.45, 7) is 6.69. The number of benzene rings is 2. The number of hydrogen-bond acceptors (Lipinski definition) is 6. The summed E-state index contributed by atoms with van der Waals surface area (Å²) in [6.07, 6.45) is 1.78. The van der Waals surface area contributed by atoms with Gasteiger partial charge in [-0.05, 0) is 56.7 Å². The van der Waals surface area contributed by atoms with Crippen LogP contribution in [0.5, 0.6) is 11.5 Å². The van der Waals surface area contributed by atoms with Gasteiger partial charge in [-0.25, -0.2) is 4.79 Å². The Bertz CT molecular complexity index is 1120. The molecule has 0 unspecified atom stereocenters. The van der Waals surface area contributed by atoms with Gasteiger partial charge in [0.2, 0.25) is 0 Å². The van der Waals surface area contributed by atoms with Crippen LogP contribution in [0.2, 0.25) is 0 Å². The summed E-state index contributed by atoms with van der Waals surface area (Å²) in [6, 6.07) is 15.2. The molecule has 168 valence electrons. The summed E-state index contributed by atoms with van der Waals surface area (Å²) in [5.74, 6) is 1.04. The normalized spacial score (nSPS) is 10.9. The van der Waals surface area contributed by atoms with Crippen LogP contribution in [0.1, 0.15) is 39.8 Å². The topological polar surface area (TPSA) is 74.1 Å². The van der Waals surface area contributed by atoms with Crippen molar-refractivity contribution in [2.24, 2.45) is 5.10 Å². The predicted octanol–water partition coefficient (Wildman–Crippen LogP) is 4.41. The second kappa shape index (κ2) is 10.5. The van der Waals surface area contributed by atoms with Gasteiger partial charge in [-0.3, -0.25) is 0 Å². The van der Waals surface area contributed by atoms with Gasteiger partial charge in [-0.2, -0.15) is 5.10 Å². The Labute approximate surface area is 188 Å². The van der Waals surface area contributed by atoms with Gasteiger partial charge in [0.05, 0.1) is 44.8 Å². The second-order valence-electron chi connectivity index (χ2n) is 7.18. The largest absolute Gasteiger partial charge is 0.493 e. The molecule has 1 aromatic heterocycles. The average Bonchev–Trinajstić information content (AvgIpc) is 3.09. The lowest BCUT2D eigenvalue weighted by molar-refractivity contribution is 0.0526. The Morgan fingerprint density at radius 2 is 1.81 bits per heavy atom. The lowest BCUT2D eigenvalue weighted by Crippen LogP contribution is -2.11. The van der Waals surface area contributed by atoms with E-state index in [-0.39, 0.29) is 5.97 Å². The number of carbonyl (C=O) groups is 1. The average molecular weight is 436 g/mol. The highest BCUT2D eigenvalue weighted by Gasteiger charge is 2.17. The van der Waals surface area contributed by atoms with E-state index in [9.17, 15) is 4.79 Å². The molecule has 0 atom stereocenters. The fourth-order valence-electron chi connectivity index (χ4n) is 3.58. The monoisotopic (exact) mass is 435 g/mol. The van der Waals surface area contributed by atoms with Crippen molar-refractivity contribution in [1.29, 1.82) is 0 Å². The lowest BCUT2D eigenvalue weighted by atomic mass is 10.1. The van der Waals surface area contributed by atoms with E-state index in [2.05, 4.69) is 10.5 Å². The Balaban J connectivity index is 1.78. The van der Waals surface area contributed by atoms with Crippen molar-refractivity contribution in [3.05, 3.63) is 76.6 Å². The minimum atomic E-state index is -0.331. The van der Waals surface area contributed by atoms with Crippen molar-refractivity contribution in [3.8, 4) is 17.2 Å². The SMILES string of the molecule is CCOC(=O)c1ccccc1-n1c(C)cc(/C=N/NCc2ccc(OC)c(OC)c2)c1C. The molecule has 7 heteroatoms. The molecule has 3 rings (SSSR count). The molecule has 0 aliphatic rings. The highest BCUT2D eigenvalue weighted by molar-refractivity contribution is 5.94. The molecule has 0 fully saturated rings. The summed E-state index contributed by atoms with van der Waals surface area (Å²) in [7, 11) is 3.23. The molecule has 0 amide bonds. The molecule has 0 saturated carbocycles. The van der Waals surface area contributed by atoms with Crippen molar-refractivity contribution in [2.75, 3.05) is 20.8 Å². The van der Waals surface area contributed by atoms with Crippen LogP contribution in [0.25, 0.3) is 5.69 Å². The summed E-state index contributed by atoms with van der Waals surface area (Å²) in [5, 5.41) is 4.38. The molecular formula is C25H29N3O4. The zero-order chi connectivity index (χ0) is 23.1. The zero-order valence-electron chi connectivity index (χ0n) is 19.1. The van der Waals surface area contributed by atoms with Crippen LogP contribution in [0, 0.1) is 13.8 Å². The number of para-hydroxylation sites is 1. The minimum Gasteiger partial charge on any atom is -0.493 e. The van der Waals surface area contributed by atoms with E-state index in [4.69, 9.17) is 14.2 Å². The maximum atomic E-state index is 12.4. The van der Waals surface area contributed by atoms with Crippen LogP contribution in [-0.2, 0) is 11.3 Å². The highest BCUT2D eigenvalue weighted by Crippen LogP contribution is 2.27. The van der Waals surface area contributed by atoms with Gasteiger partial charge in [0.15, 0.2) is 11.5 Å². The van der Waals surface area contributed by atoms with Gasteiger partial charge in [0, 0.05) is 17.0 Å². The maximum absolute atomic E-state index is 12.4. The molecule has 3 aromatic rings. The first-order valence-corrected chi connectivity index (χ1v) is 10.4. The summed E-state index contributed by atoms with van der Waals surface area (Å²) < 4.78 is 17.9. The molecule has 1 N–H and O–H groups in total. The van der Waals surface area contributed by atoms with E-state index in [0.29, 0.717) is 30.2 Å². The third-order valence-electron chi connectivity index (χ3n) is 5.14. The Hall–Kier alpha value is -3.74. The van der Waals surface area contributed by atoms with Crippen molar-refractivity contribution in [3.63, 3.8) is 0 Å². The number of rotatable bonds is 9. The van der Waals surface area contributed by atoms with Gasteiger partial charge >= 0.3 is 5.97 Å². The van der Waals surface area contributed by atoms with E-state index in [0.717, 1.165) is 28.2 Å². The number of nitrogens with one attached hydrogen (secondary N) is 1. The number of carbonyl (C=O) groups excluding carboxylic acids is 1. The summed E-state index contributed by atoms with van der Waals surface area (Å²) in [5.41, 5.74) is 8.36. The number of hydrazone groups is 1. The minimum absolute atomic E-state index is 0.331. The molecule has 0 aliphatic heterocycles. The molecule has 7 nitrogen and oxygen atoms in total. The van der Waals surface area contributed by atoms with Crippen LogP contribution < -0.4 is 14.9 Å². The van der Waals surface area contributed by atoms with Gasteiger partial charge in [0.25, 0.3) is 0 Å². The maximum Gasteiger partial charge on any atom is 0.340 e. The molecule has 0 saturated heterocycles. The van der Waals surface area contributed by atoms with E-state index in [1.165, 1.54) is 0 Å². The van der Waals surface area contributed by atoms with Crippen LogP contribution in [-0.4, -0.2) is 37.6 Å². The molecule has 0 spiro atoms. The molecule has 2 aromatic carbocycles. The second-order valence-corrected chi connectivity index (χ2v) is 7.18. The quantitative estimate of drug-likeness (QED) is 0.306. The van der Waals surface area contributed by atoms with E-state index >= 15 is 0 Å². The Kier molecular flexibility index (Phi) is 7.54. The molecule has 1 heterocycles. The first-order valence-electron chi connectivity index (χ1n) is 10.4. The van der Waals surface area contributed by atoms with Gasteiger partial charge in [-0.15, -0.1) is 0 Å². The first kappa shape index (κ1) is 22.9. The smallest absolute Gasteiger partial charge is 0.340 e. The van der Waals surface area contributed by atoms with E-state index < -0.39 is 0 Å². The van der Waals surface area contributed by atoms with E-state index in [1.54, 1.807) is 33.4 Å². The van der Waals surface area contributed by atoms with Crippen LogP contribution >= 0.6 is 0 Å².